The number of benzene rings is 2. The van der Waals surface area contributed by atoms with Crippen molar-refractivity contribution in [3.63, 3.8) is 0 Å². The summed E-state index contributed by atoms with van der Waals surface area (Å²) >= 11 is 0. The van der Waals surface area contributed by atoms with Gasteiger partial charge in [0.1, 0.15) is 5.75 Å². The van der Waals surface area contributed by atoms with Crippen LogP contribution in [0, 0.1) is 6.92 Å². The first-order valence-electron chi connectivity index (χ1n) is 9.54. The van der Waals surface area contributed by atoms with Gasteiger partial charge in [0.2, 0.25) is 0 Å². The summed E-state index contributed by atoms with van der Waals surface area (Å²) in [6.45, 7) is 6.85. The SMILES string of the molecule is Cc1cccc(OC(C)C(=O)Nc2cccc(C(=O)N3CCN(C)CC3)c2)c1. The number of aryl methyl sites for hydroxylation is 1. The minimum absolute atomic E-state index is 0.00624. The normalized spacial score (nSPS) is 15.8. The molecule has 0 aromatic heterocycles. The lowest BCUT2D eigenvalue weighted by atomic mass is 10.1. The van der Waals surface area contributed by atoms with Crippen LogP contribution in [0.1, 0.15) is 22.8 Å². The summed E-state index contributed by atoms with van der Waals surface area (Å²) in [7, 11) is 2.05. The van der Waals surface area contributed by atoms with Crippen molar-refractivity contribution in [1.29, 1.82) is 0 Å². The molecule has 148 valence electrons. The zero-order chi connectivity index (χ0) is 20.1. The van der Waals surface area contributed by atoms with E-state index in [1.165, 1.54) is 0 Å². The molecule has 0 spiro atoms. The molecule has 0 radical (unpaired) electrons. The fraction of sp³-hybridized carbons (Fsp3) is 0.364. The molecule has 0 bridgehead atoms. The van der Waals surface area contributed by atoms with Crippen molar-refractivity contribution in [2.24, 2.45) is 0 Å². The number of ether oxygens (including phenoxy) is 1. The van der Waals surface area contributed by atoms with Crippen LogP contribution >= 0.6 is 0 Å². The molecule has 1 heterocycles. The van der Waals surface area contributed by atoms with Crippen LogP contribution in [-0.4, -0.2) is 60.9 Å². The number of hydrogen-bond acceptors (Lipinski definition) is 4. The Morgan fingerprint density at radius 2 is 1.75 bits per heavy atom. The van der Waals surface area contributed by atoms with Crippen molar-refractivity contribution in [3.8, 4) is 5.75 Å². The fourth-order valence-corrected chi connectivity index (χ4v) is 3.11. The van der Waals surface area contributed by atoms with E-state index in [9.17, 15) is 9.59 Å². The van der Waals surface area contributed by atoms with Gasteiger partial charge in [-0.1, -0.05) is 18.2 Å². The molecule has 2 aromatic rings. The number of carbonyl (C=O) groups excluding carboxylic acids is 2. The van der Waals surface area contributed by atoms with Crippen molar-refractivity contribution >= 4 is 17.5 Å². The number of nitrogens with one attached hydrogen (secondary N) is 1. The molecule has 1 aliphatic rings. The average molecular weight is 381 g/mol. The van der Waals surface area contributed by atoms with E-state index >= 15 is 0 Å². The molecule has 1 aliphatic heterocycles. The number of anilines is 1. The summed E-state index contributed by atoms with van der Waals surface area (Å²) < 4.78 is 5.72. The van der Waals surface area contributed by atoms with Crippen molar-refractivity contribution in [3.05, 3.63) is 59.7 Å². The number of carbonyl (C=O) groups is 2. The van der Waals surface area contributed by atoms with E-state index in [1.54, 1.807) is 31.2 Å². The zero-order valence-electron chi connectivity index (χ0n) is 16.6. The second-order valence-corrected chi connectivity index (χ2v) is 7.24. The molecule has 1 fully saturated rings. The van der Waals surface area contributed by atoms with Gasteiger partial charge in [-0.2, -0.15) is 0 Å². The third-order valence-electron chi connectivity index (χ3n) is 4.84. The molecule has 1 saturated heterocycles. The van der Waals surface area contributed by atoms with E-state index in [-0.39, 0.29) is 11.8 Å². The third kappa shape index (κ3) is 5.10. The summed E-state index contributed by atoms with van der Waals surface area (Å²) in [5, 5.41) is 2.84. The molecular formula is C22H27N3O3. The molecule has 28 heavy (non-hydrogen) atoms. The van der Waals surface area contributed by atoms with E-state index in [4.69, 9.17) is 4.74 Å². The predicted octanol–water partition coefficient (Wildman–Crippen LogP) is 2.79. The van der Waals surface area contributed by atoms with Gasteiger partial charge in [0.15, 0.2) is 6.10 Å². The predicted molar refractivity (Wildman–Crippen MR) is 110 cm³/mol. The molecule has 2 aromatic carbocycles. The minimum atomic E-state index is -0.654. The molecule has 3 rings (SSSR count). The van der Waals surface area contributed by atoms with Crippen LogP contribution in [0.25, 0.3) is 0 Å². The maximum Gasteiger partial charge on any atom is 0.265 e. The molecule has 1 atom stereocenters. The van der Waals surface area contributed by atoms with Crippen molar-refractivity contribution in [1.82, 2.24) is 9.80 Å². The number of nitrogens with zero attached hydrogens (tertiary/aromatic N) is 2. The summed E-state index contributed by atoms with van der Waals surface area (Å²) in [5.41, 5.74) is 2.24. The van der Waals surface area contributed by atoms with Crippen LogP contribution in [0.4, 0.5) is 5.69 Å². The van der Waals surface area contributed by atoms with Crippen LogP contribution in [-0.2, 0) is 4.79 Å². The standard InChI is InChI=1S/C22H27N3O3/c1-16-6-4-9-20(14-16)28-17(2)21(26)23-19-8-5-7-18(15-19)22(27)25-12-10-24(3)11-13-25/h4-9,14-15,17H,10-13H2,1-3H3,(H,23,26). The topological polar surface area (TPSA) is 61.9 Å². The molecule has 0 saturated carbocycles. The van der Waals surface area contributed by atoms with Gasteiger partial charge >= 0.3 is 0 Å². The van der Waals surface area contributed by atoms with Crippen LogP contribution in [0.15, 0.2) is 48.5 Å². The molecule has 6 nitrogen and oxygen atoms in total. The van der Waals surface area contributed by atoms with Gasteiger partial charge in [-0.25, -0.2) is 0 Å². The zero-order valence-corrected chi connectivity index (χ0v) is 16.6. The number of rotatable bonds is 5. The van der Waals surface area contributed by atoms with E-state index < -0.39 is 6.10 Å². The van der Waals surface area contributed by atoms with Gasteiger partial charge in [0, 0.05) is 37.4 Å². The Balaban J connectivity index is 1.62. The Kier molecular flexibility index (Phi) is 6.31. The first kappa shape index (κ1) is 19.9. The van der Waals surface area contributed by atoms with Crippen molar-refractivity contribution in [2.75, 3.05) is 38.5 Å². The van der Waals surface area contributed by atoms with Gasteiger partial charge in [-0.05, 0) is 56.8 Å². The monoisotopic (exact) mass is 381 g/mol. The number of hydrogen-bond donors (Lipinski definition) is 1. The summed E-state index contributed by atoms with van der Waals surface area (Å²) in [6.07, 6.45) is -0.654. The van der Waals surface area contributed by atoms with Crippen LogP contribution in [0.5, 0.6) is 5.75 Å². The molecule has 1 N–H and O–H groups in total. The largest absolute Gasteiger partial charge is 0.481 e. The van der Waals surface area contributed by atoms with Gasteiger partial charge in [0.05, 0.1) is 0 Å². The first-order chi connectivity index (χ1) is 13.4. The third-order valence-corrected chi connectivity index (χ3v) is 4.84. The van der Waals surface area contributed by atoms with E-state index in [2.05, 4.69) is 17.3 Å². The Morgan fingerprint density at radius 3 is 2.46 bits per heavy atom. The molecule has 0 aliphatic carbocycles. The van der Waals surface area contributed by atoms with E-state index in [1.807, 2.05) is 36.1 Å². The van der Waals surface area contributed by atoms with Gasteiger partial charge < -0.3 is 19.9 Å². The first-order valence-corrected chi connectivity index (χ1v) is 9.54. The van der Waals surface area contributed by atoms with Crippen LogP contribution in [0.3, 0.4) is 0 Å². The lowest BCUT2D eigenvalue weighted by Crippen LogP contribution is -2.47. The highest BCUT2D eigenvalue weighted by molar-refractivity contribution is 5.98. The van der Waals surface area contributed by atoms with Crippen LogP contribution < -0.4 is 10.1 Å². The smallest absolute Gasteiger partial charge is 0.265 e. The lowest BCUT2D eigenvalue weighted by Gasteiger charge is -2.32. The molecular weight excluding hydrogens is 354 g/mol. The fourth-order valence-electron chi connectivity index (χ4n) is 3.11. The van der Waals surface area contributed by atoms with Crippen LogP contribution in [0.2, 0.25) is 0 Å². The Bertz CT molecular complexity index is 844. The average Bonchev–Trinajstić information content (AvgIpc) is 2.68. The molecule has 1 unspecified atom stereocenters. The molecule has 6 heteroatoms. The van der Waals surface area contributed by atoms with Gasteiger partial charge in [-0.3, -0.25) is 9.59 Å². The van der Waals surface area contributed by atoms with Gasteiger partial charge in [0.25, 0.3) is 11.8 Å². The highest BCUT2D eigenvalue weighted by Crippen LogP contribution is 2.17. The Morgan fingerprint density at radius 1 is 1.04 bits per heavy atom. The molecule has 2 amide bonds. The maximum atomic E-state index is 12.7. The Labute approximate surface area is 166 Å². The Hall–Kier alpha value is -2.86. The minimum Gasteiger partial charge on any atom is -0.481 e. The highest BCUT2D eigenvalue weighted by Gasteiger charge is 2.21. The number of piperazine rings is 1. The van der Waals surface area contributed by atoms with Crippen molar-refractivity contribution in [2.45, 2.75) is 20.0 Å². The second-order valence-electron chi connectivity index (χ2n) is 7.24. The maximum absolute atomic E-state index is 12.7. The van der Waals surface area contributed by atoms with E-state index in [0.29, 0.717) is 30.1 Å². The van der Waals surface area contributed by atoms with Crippen molar-refractivity contribution < 1.29 is 14.3 Å². The number of amides is 2. The highest BCUT2D eigenvalue weighted by atomic mass is 16.5. The summed E-state index contributed by atoms with van der Waals surface area (Å²) in [4.78, 5) is 29.3. The summed E-state index contributed by atoms with van der Waals surface area (Å²) in [5.74, 6) is 0.389. The number of likely N-dealkylation sites (N-methyl/N-ethyl adjacent to an activating group) is 1. The quantitative estimate of drug-likeness (QED) is 0.865. The summed E-state index contributed by atoms with van der Waals surface area (Å²) in [6, 6.07) is 14.6. The van der Waals surface area contributed by atoms with E-state index in [0.717, 1.165) is 18.7 Å². The lowest BCUT2D eigenvalue weighted by molar-refractivity contribution is -0.122. The second kappa shape index (κ2) is 8.89. The van der Waals surface area contributed by atoms with Gasteiger partial charge in [-0.15, -0.1) is 0 Å².